The van der Waals surface area contributed by atoms with Gasteiger partial charge in [-0.05, 0) is 42.0 Å². The number of carbonyl (C=O) groups excluding carboxylic acids is 1. The van der Waals surface area contributed by atoms with Crippen molar-refractivity contribution in [2.24, 2.45) is 0 Å². The van der Waals surface area contributed by atoms with E-state index in [0.717, 1.165) is 23.4 Å². The van der Waals surface area contributed by atoms with Gasteiger partial charge in [0.1, 0.15) is 6.04 Å². The molecular weight excluding hydrogens is 318 g/mol. The maximum absolute atomic E-state index is 12.2. The lowest BCUT2D eigenvalue weighted by atomic mass is 10.0. The zero-order valence-electron chi connectivity index (χ0n) is 12.0. The first kappa shape index (κ1) is 15.5. The molecule has 2 heterocycles. The minimum Gasteiger partial charge on any atom is -0.354 e. The fraction of sp³-hybridized carbons (Fsp3) is 0.312. The van der Waals surface area contributed by atoms with Crippen LogP contribution in [-0.2, 0) is 11.2 Å². The fourth-order valence-electron chi connectivity index (χ4n) is 2.53. The first-order chi connectivity index (χ1) is 10.7. The number of amides is 1. The molecule has 1 aliphatic rings. The van der Waals surface area contributed by atoms with Crippen LogP contribution in [0.15, 0.2) is 41.8 Å². The Labute approximate surface area is 138 Å². The molecule has 116 valence electrons. The van der Waals surface area contributed by atoms with Gasteiger partial charge in [-0.2, -0.15) is 0 Å². The molecule has 0 spiro atoms. The number of benzene rings is 1. The lowest BCUT2D eigenvalue weighted by Gasteiger charge is -2.10. The zero-order chi connectivity index (χ0) is 15.4. The van der Waals surface area contributed by atoms with E-state index in [0.29, 0.717) is 6.54 Å². The molecule has 1 aromatic carbocycles. The summed E-state index contributed by atoms with van der Waals surface area (Å²) in [6, 6.07) is 11.7. The highest BCUT2D eigenvalue weighted by atomic mass is 35.5. The molecule has 0 aliphatic carbocycles. The first-order valence-corrected chi connectivity index (χ1v) is 8.55. The molecule has 2 unspecified atom stereocenters. The van der Waals surface area contributed by atoms with Gasteiger partial charge in [0.2, 0.25) is 5.91 Å². The molecule has 22 heavy (non-hydrogen) atoms. The van der Waals surface area contributed by atoms with Crippen molar-refractivity contribution in [3.63, 3.8) is 0 Å². The summed E-state index contributed by atoms with van der Waals surface area (Å²) >= 11 is 7.61. The van der Waals surface area contributed by atoms with Crippen molar-refractivity contribution >= 4 is 28.8 Å². The van der Waals surface area contributed by atoms with Crippen LogP contribution in [0.2, 0.25) is 5.02 Å². The summed E-state index contributed by atoms with van der Waals surface area (Å²) < 4.78 is 0. The topological polar surface area (TPSA) is 53.2 Å². The number of hydrogen-bond acceptors (Lipinski definition) is 4. The SMILES string of the molecule is O=C(NCCc1cccs1)C1CC(c2ccc(Cl)cc2)NN1. The van der Waals surface area contributed by atoms with E-state index in [4.69, 9.17) is 11.6 Å². The summed E-state index contributed by atoms with van der Waals surface area (Å²) in [5.74, 6) is 0.0421. The second-order valence-corrected chi connectivity index (χ2v) is 6.77. The Morgan fingerprint density at radius 2 is 2.09 bits per heavy atom. The number of halogens is 1. The summed E-state index contributed by atoms with van der Waals surface area (Å²) in [7, 11) is 0. The highest BCUT2D eigenvalue weighted by Gasteiger charge is 2.29. The highest BCUT2D eigenvalue weighted by molar-refractivity contribution is 7.09. The number of thiophene rings is 1. The predicted molar refractivity (Wildman–Crippen MR) is 89.9 cm³/mol. The second-order valence-electron chi connectivity index (χ2n) is 5.30. The average Bonchev–Trinajstić information content (AvgIpc) is 3.19. The minimum atomic E-state index is -0.205. The van der Waals surface area contributed by atoms with E-state index < -0.39 is 0 Å². The van der Waals surface area contributed by atoms with Crippen LogP contribution in [0.5, 0.6) is 0 Å². The van der Waals surface area contributed by atoms with Crippen molar-refractivity contribution in [3.05, 3.63) is 57.2 Å². The quantitative estimate of drug-likeness (QED) is 0.787. The van der Waals surface area contributed by atoms with Crippen LogP contribution < -0.4 is 16.2 Å². The third kappa shape index (κ3) is 3.87. The smallest absolute Gasteiger partial charge is 0.238 e. The van der Waals surface area contributed by atoms with E-state index in [9.17, 15) is 4.79 Å². The van der Waals surface area contributed by atoms with Gasteiger partial charge in [0.05, 0.1) is 0 Å². The van der Waals surface area contributed by atoms with Gasteiger partial charge in [0.25, 0.3) is 0 Å². The fourth-order valence-corrected chi connectivity index (χ4v) is 3.36. The molecule has 3 N–H and O–H groups in total. The van der Waals surface area contributed by atoms with Gasteiger partial charge < -0.3 is 5.32 Å². The molecule has 0 bridgehead atoms. The van der Waals surface area contributed by atoms with Crippen LogP contribution in [0.1, 0.15) is 22.9 Å². The minimum absolute atomic E-state index is 0.0421. The summed E-state index contributed by atoms with van der Waals surface area (Å²) in [5, 5.41) is 5.76. The standard InChI is InChI=1S/C16H18ClN3OS/c17-12-5-3-11(4-6-12)14-10-15(20-19-14)16(21)18-8-7-13-2-1-9-22-13/h1-6,9,14-15,19-20H,7-8,10H2,(H,18,21). The molecule has 1 saturated heterocycles. The third-order valence-electron chi connectivity index (χ3n) is 3.74. The highest BCUT2D eigenvalue weighted by Crippen LogP contribution is 2.23. The van der Waals surface area contributed by atoms with Gasteiger partial charge in [0, 0.05) is 22.5 Å². The maximum atomic E-state index is 12.2. The number of rotatable bonds is 5. The van der Waals surface area contributed by atoms with Gasteiger partial charge in [-0.3, -0.25) is 4.79 Å². The van der Waals surface area contributed by atoms with E-state index in [1.165, 1.54) is 4.88 Å². The molecule has 1 fully saturated rings. The van der Waals surface area contributed by atoms with Crippen LogP contribution >= 0.6 is 22.9 Å². The van der Waals surface area contributed by atoms with E-state index in [-0.39, 0.29) is 18.0 Å². The molecule has 1 aromatic heterocycles. The van der Waals surface area contributed by atoms with Crippen LogP contribution in [0.3, 0.4) is 0 Å². The Hall–Kier alpha value is -1.40. The predicted octanol–water partition coefficient (Wildman–Crippen LogP) is 2.67. The van der Waals surface area contributed by atoms with Crippen molar-refractivity contribution in [2.45, 2.75) is 24.9 Å². The average molecular weight is 336 g/mol. The normalized spacial score (nSPS) is 21.0. The van der Waals surface area contributed by atoms with Crippen LogP contribution in [0, 0.1) is 0 Å². The summed E-state index contributed by atoms with van der Waals surface area (Å²) in [5.41, 5.74) is 7.38. The number of carbonyl (C=O) groups is 1. The zero-order valence-corrected chi connectivity index (χ0v) is 13.6. The van der Waals surface area contributed by atoms with Gasteiger partial charge in [0.15, 0.2) is 0 Å². The Balaban J connectivity index is 1.47. The van der Waals surface area contributed by atoms with Crippen molar-refractivity contribution in [2.75, 3.05) is 6.54 Å². The first-order valence-electron chi connectivity index (χ1n) is 7.29. The van der Waals surface area contributed by atoms with Crippen LogP contribution in [0.25, 0.3) is 0 Å². The van der Waals surface area contributed by atoms with Crippen LogP contribution in [0.4, 0.5) is 0 Å². The van der Waals surface area contributed by atoms with Crippen molar-refractivity contribution in [1.29, 1.82) is 0 Å². The molecule has 2 aromatic rings. The van der Waals surface area contributed by atoms with Gasteiger partial charge >= 0.3 is 0 Å². The monoisotopic (exact) mass is 335 g/mol. The molecule has 0 radical (unpaired) electrons. The summed E-state index contributed by atoms with van der Waals surface area (Å²) in [6.07, 6.45) is 1.61. The lowest BCUT2D eigenvalue weighted by molar-refractivity contribution is -0.122. The summed E-state index contributed by atoms with van der Waals surface area (Å²) in [6.45, 7) is 0.670. The number of hydrazine groups is 1. The van der Waals surface area contributed by atoms with Gasteiger partial charge in [-0.1, -0.05) is 29.8 Å². The molecule has 4 nitrogen and oxygen atoms in total. The van der Waals surface area contributed by atoms with Crippen molar-refractivity contribution < 1.29 is 4.79 Å². The molecule has 6 heteroatoms. The molecule has 0 saturated carbocycles. The number of nitrogens with one attached hydrogen (secondary N) is 3. The Morgan fingerprint density at radius 3 is 2.82 bits per heavy atom. The number of hydrogen-bond donors (Lipinski definition) is 3. The van der Waals surface area contributed by atoms with E-state index in [1.807, 2.05) is 30.3 Å². The van der Waals surface area contributed by atoms with Crippen molar-refractivity contribution in [1.82, 2.24) is 16.2 Å². The molecule has 1 aliphatic heterocycles. The lowest BCUT2D eigenvalue weighted by Crippen LogP contribution is -2.43. The Bertz CT molecular complexity index is 615. The molecule has 2 atom stereocenters. The molecular formula is C16H18ClN3OS. The molecule has 1 amide bonds. The van der Waals surface area contributed by atoms with E-state index in [2.05, 4.69) is 27.6 Å². The third-order valence-corrected chi connectivity index (χ3v) is 4.93. The van der Waals surface area contributed by atoms with Gasteiger partial charge in [-0.15, -0.1) is 11.3 Å². The molecule has 3 rings (SSSR count). The van der Waals surface area contributed by atoms with Gasteiger partial charge in [-0.25, -0.2) is 10.9 Å². The largest absolute Gasteiger partial charge is 0.354 e. The summed E-state index contributed by atoms with van der Waals surface area (Å²) in [4.78, 5) is 13.5. The Morgan fingerprint density at radius 1 is 1.27 bits per heavy atom. The van der Waals surface area contributed by atoms with Crippen molar-refractivity contribution in [3.8, 4) is 0 Å². The van der Waals surface area contributed by atoms with E-state index in [1.54, 1.807) is 11.3 Å². The van der Waals surface area contributed by atoms with Crippen LogP contribution in [-0.4, -0.2) is 18.5 Å². The second kappa shape index (κ2) is 7.24. The van der Waals surface area contributed by atoms with E-state index >= 15 is 0 Å². The Kier molecular flexibility index (Phi) is 5.10. The maximum Gasteiger partial charge on any atom is 0.238 e.